The van der Waals surface area contributed by atoms with Gasteiger partial charge in [0.1, 0.15) is 0 Å². The Balaban J connectivity index is 0.000000671. The number of rotatable bonds is 1. The quantitative estimate of drug-likeness (QED) is 0.703. The van der Waals surface area contributed by atoms with Gasteiger partial charge in [-0.3, -0.25) is 0 Å². The molecule has 0 unspecified atom stereocenters. The van der Waals surface area contributed by atoms with Crippen LogP contribution < -0.4 is 0 Å². The van der Waals surface area contributed by atoms with Gasteiger partial charge >= 0.3 is 0 Å². The van der Waals surface area contributed by atoms with Crippen LogP contribution in [0.2, 0.25) is 0 Å². The predicted octanol–water partition coefficient (Wildman–Crippen LogP) is 3.25. The van der Waals surface area contributed by atoms with Crippen molar-refractivity contribution < 1.29 is 5.11 Å². The third kappa shape index (κ3) is 4.09. The van der Waals surface area contributed by atoms with Gasteiger partial charge in [0.05, 0.1) is 5.60 Å². The average molecular weight is 180 g/mol. The second kappa shape index (κ2) is 5.03. The maximum atomic E-state index is 9.58. The molecule has 0 aromatic heterocycles. The summed E-state index contributed by atoms with van der Waals surface area (Å²) < 4.78 is 0. The minimum Gasteiger partial charge on any atom is -0.386 e. The molecule has 1 N–H and O–H groups in total. The van der Waals surface area contributed by atoms with Crippen LogP contribution >= 0.6 is 0 Å². The molecule has 0 spiro atoms. The minimum atomic E-state index is -0.715. The molecule has 0 aliphatic carbocycles. The van der Waals surface area contributed by atoms with Crippen molar-refractivity contribution in [2.75, 3.05) is 0 Å². The molecule has 1 rings (SSSR count). The lowest BCUT2D eigenvalue weighted by atomic mass is 9.98. The van der Waals surface area contributed by atoms with Crippen molar-refractivity contribution in [1.29, 1.82) is 0 Å². The van der Waals surface area contributed by atoms with Gasteiger partial charge in [0.15, 0.2) is 0 Å². The van der Waals surface area contributed by atoms with E-state index in [2.05, 4.69) is 0 Å². The third-order valence-electron chi connectivity index (χ3n) is 1.76. The molecule has 0 radical (unpaired) electrons. The topological polar surface area (TPSA) is 20.2 Å². The van der Waals surface area contributed by atoms with Crippen LogP contribution in [0.5, 0.6) is 0 Å². The first-order valence-corrected chi connectivity index (χ1v) is 4.79. The van der Waals surface area contributed by atoms with E-state index in [0.717, 1.165) is 5.56 Å². The van der Waals surface area contributed by atoms with E-state index in [0.29, 0.717) is 0 Å². The lowest BCUT2D eigenvalue weighted by Crippen LogP contribution is -2.14. The van der Waals surface area contributed by atoms with E-state index in [1.54, 1.807) is 13.8 Å². The van der Waals surface area contributed by atoms with Crippen LogP contribution in [-0.2, 0) is 5.60 Å². The summed E-state index contributed by atoms with van der Waals surface area (Å²) in [6, 6.07) is 7.92. The van der Waals surface area contributed by atoms with Gasteiger partial charge in [-0.15, -0.1) is 0 Å². The Hall–Kier alpha value is -0.820. The van der Waals surface area contributed by atoms with Gasteiger partial charge < -0.3 is 5.11 Å². The fourth-order valence-corrected chi connectivity index (χ4v) is 0.961. The summed E-state index contributed by atoms with van der Waals surface area (Å²) in [7, 11) is 0. The molecule has 1 heteroatoms. The van der Waals surface area contributed by atoms with E-state index in [1.807, 2.05) is 45.0 Å². The monoisotopic (exact) mass is 180 g/mol. The Bertz CT molecular complexity index is 228. The van der Waals surface area contributed by atoms with Crippen molar-refractivity contribution in [3.05, 3.63) is 35.4 Å². The van der Waals surface area contributed by atoms with E-state index < -0.39 is 5.60 Å². The smallest absolute Gasteiger partial charge is 0.0840 e. The Morgan fingerprint density at radius 2 is 1.38 bits per heavy atom. The largest absolute Gasteiger partial charge is 0.386 e. The predicted molar refractivity (Wildman–Crippen MR) is 57.8 cm³/mol. The van der Waals surface area contributed by atoms with Gasteiger partial charge in [0.25, 0.3) is 0 Å². The van der Waals surface area contributed by atoms with Crippen LogP contribution in [0.1, 0.15) is 38.8 Å². The normalized spacial score (nSPS) is 10.3. The molecule has 1 nitrogen and oxygen atoms in total. The highest BCUT2D eigenvalue weighted by molar-refractivity contribution is 5.25. The number of benzene rings is 1. The van der Waals surface area contributed by atoms with Crippen LogP contribution in [0.3, 0.4) is 0 Å². The van der Waals surface area contributed by atoms with Crippen molar-refractivity contribution >= 4 is 0 Å². The molecule has 0 aliphatic rings. The summed E-state index contributed by atoms with van der Waals surface area (Å²) in [5.41, 5.74) is 1.47. The molecule has 0 bridgehead atoms. The van der Waals surface area contributed by atoms with Crippen molar-refractivity contribution in [2.24, 2.45) is 0 Å². The highest BCUT2D eigenvalue weighted by Crippen LogP contribution is 2.19. The molecule has 0 atom stereocenters. The van der Waals surface area contributed by atoms with Gasteiger partial charge in [0.2, 0.25) is 0 Å². The second-order valence-electron chi connectivity index (χ2n) is 3.43. The highest BCUT2D eigenvalue weighted by atomic mass is 16.3. The molecule has 0 fully saturated rings. The maximum Gasteiger partial charge on any atom is 0.0840 e. The summed E-state index contributed by atoms with van der Waals surface area (Å²) in [5, 5.41) is 9.58. The summed E-state index contributed by atoms with van der Waals surface area (Å²) in [4.78, 5) is 0. The second-order valence-corrected chi connectivity index (χ2v) is 3.43. The van der Waals surface area contributed by atoms with Gasteiger partial charge in [-0.1, -0.05) is 43.7 Å². The van der Waals surface area contributed by atoms with E-state index >= 15 is 0 Å². The number of hydrogen-bond donors (Lipinski definition) is 1. The standard InChI is InChI=1S/C10H14O.C2H6/c1-8-4-6-9(7-5-8)10(2,3)11;1-2/h4-7,11H,1-3H3;1-2H3. The molecule has 0 amide bonds. The first-order valence-electron chi connectivity index (χ1n) is 4.79. The fraction of sp³-hybridized carbons (Fsp3) is 0.500. The van der Waals surface area contributed by atoms with Crippen LogP contribution in [-0.4, -0.2) is 5.11 Å². The molecular formula is C12H20O. The highest BCUT2D eigenvalue weighted by Gasteiger charge is 2.14. The molecule has 74 valence electrons. The third-order valence-corrected chi connectivity index (χ3v) is 1.76. The van der Waals surface area contributed by atoms with Gasteiger partial charge in [-0.05, 0) is 26.3 Å². The van der Waals surface area contributed by atoms with Crippen molar-refractivity contribution in [1.82, 2.24) is 0 Å². The molecular weight excluding hydrogens is 160 g/mol. The zero-order chi connectivity index (χ0) is 10.5. The number of hydrogen-bond acceptors (Lipinski definition) is 1. The Labute approximate surface area is 81.4 Å². The lowest BCUT2D eigenvalue weighted by molar-refractivity contribution is 0.0786. The molecule has 0 saturated heterocycles. The van der Waals surface area contributed by atoms with Gasteiger partial charge in [-0.25, -0.2) is 0 Å². The molecule has 0 aliphatic heterocycles. The molecule has 0 heterocycles. The first-order chi connectivity index (χ1) is 6.00. The van der Waals surface area contributed by atoms with E-state index in [4.69, 9.17) is 0 Å². The van der Waals surface area contributed by atoms with E-state index in [-0.39, 0.29) is 0 Å². The zero-order valence-electron chi connectivity index (χ0n) is 9.26. The zero-order valence-corrected chi connectivity index (χ0v) is 9.26. The number of aliphatic hydroxyl groups is 1. The van der Waals surface area contributed by atoms with E-state index in [1.165, 1.54) is 5.56 Å². The summed E-state index contributed by atoms with van der Waals surface area (Å²) in [6.07, 6.45) is 0. The number of aryl methyl sites for hydroxylation is 1. The maximum absolute atomic E-state index is 9.58. The van der Waals surface area contributed by atoms with Crippen LogP contribution in [0.4, 0.5) is 0 Å². The first kappa shape index (κ1) is 12.2. The molecule has 1 aromatic rings. The van der Waals surface area contributed by atoms with Crippen LogP contribution in [0.15, 0.2) is 24.3 Å². The Morgan fingerprint density at radius 1 is 1.00 bits per heavy atom. The van der Waals surface area contributed by atoms with Crippen molar-refractivity contribution in [2.45, 2.75) is 40.2 Å². The SMILES string of the molecule is CC.Cc1ccc(C(C)(C)O)cc1. The van der Waals surface area contributed by atoms with E-state index in [9.17, 15) is 5.11 Å². The van der Waals surface area contributed by atoms with Gasteiger partial charge in [0, 0.05) is 0 Å². The summed E-state index contributed by atoms with van der Waals surface area (Å²) >= 11 is 0. The Morgan fingerprint density at radius 3 is 1.69 bits per heavy atom. The Kier molecular flexibility index (Phi) is 4.71. The average Bonchev–Trinajstić information content (AvgIpc) is 2.07. The van der Waals surface area contributed by atoms with Gasteiger partial charge in [-0.2, -0.15) is 0 Å². The lowest BCUT2D eigenvalue weighted by Gasteiger charge is -2.17. The van der Waals surface area contributed by atoms with Crippen molar-refractivity contribution in [3.63, 3.8) is 0 Å². The molecule has 13 heavy (non-hydrogen) atoms. The van der Waals surface area contributed by atoms with Crippen LogP contribution in [0, 0.1) is 6.92 Å². The van der Waals surface area contributed by atoms with Crippen LogP contribution in [0.25, 0.3) is 0 Å². The summed E-state index contributed by atoms with van der Waals surface area (Å²) in [6.45, 7) is 9.61. The fourth-order valence-electron chi connectivity index (χ4n) is 0.961. The minimum absolute atomic E-state index is 0.715. The molecule has 0 saturated carbocycles. The van der Waals surface area contributed by atoms with Crippen molar-refractivity contribution in [3.8, 4) is 0 Å². The summed E-state index contributed by atoms with van der Waals surface area (Å²) in [5.74, 6) is 0. The molecule has 1 aromatic carbocycles.